The van der Waals surface area contributed by atoms with Crippen LogP contribution >= 0.6 is 0 Å². The van der Waals surface area contributed by atoms with Crippen molar-refractivity contribution in [3.63, 3.8) is 0 Å². The van der Waals surface area contributed by atoms with Crippen LogP contribution in [0.2, 0.25) is 0 Å². The molecule has 4 heterocycles. The Bertz CT molecular complexity index is 1010. The van der Waals surface area contributed by atoms with Crippen molar-refractivity contribution in [3.05, 3.63) is 11.1 Å². The molecule has 1 unspecified atom stereocenters. The number of carbonyl (C=O) groups is 2. The molecule has 2 saturated heterocycles. The highest BCUT2D eigenvalue weighted by Crippen LogP contribution is 2.82. The Morgan fingerprint density at radius 1 is 1.00 bits per heavy atom. The normalized spacial score (nSPS) is 50.6. The number of hydrogen-bond donors (Lipinski definition) is 0. The van der Waals surface area contributed by atoms with Gasteiger partial charge in [-0.2, -0.15) is 0 Å². The SMILES string of the molecule is CC(C)CC(=O)C[C@H](C)[C@@H]1CC[C@]2(C)[C@@]34O[C@@H]3CC3=C(CC5OC[C@@]3(C)C(=O)O5)[C@]4(C)CC[C@@]12C. The van der Waals surface area contributed by atoms with Crippen LogP contribution in [0.4, 0.5) is 0 Å². The third kappa shape index (κ3) is 2.78. The molecule has 0 aromatic heterocycles. The molecule has 194 valence electrons. The molecule has 5 nitrogen and oxygen atoms in total. The Labute approximate surface area is 210 Å². The molecule has 0 aromatic carbocycles. The van der Waals surface area contributed by atoms with Gasteiger partial charge in [0.1, 0.15) is 16.8 Å². The molecule has 0 aromatic rings. The van der Waals surface area contributed by atoms with E-state index in [1.165, 1.54) is 17.6 Å². The Balaban J connectivity index is 1.36. The third-order valence-corrected chi connectivity index (χ3v) is 12.1. The van der Waals surface area contributed by atoms with E-state index in [-0.39, 0.29) is 33.9 Å². The summed E-state index contributed by atoms with van der Waals surface area (Å²) in [6.07, 6.45) is 7.13. The van der Waals surface area contributed by atoms with Crippen molar-refractivity contribution in [2.45, 2.75) is 118 Å². The van der Waals surface area contributed by atoms with E-state index in [0.717, 1.165) is 25.7 Å². The average molecular weight is 485 g/mol. The summed E-state index contributed by atoms with van der Waals surface area (Å²) in [5, 5.41) is 0. The molecule has 35 heavy (non-hydrogen) atoms. The molecular formula is C30H44O5. The number of esters is 1. The average Bonchev–Trinajstić information content (AvgIpc) is 3.48. The third-order valence-electron chi connectivity index (χ3n) is 12.1. The minimum atomic E-state index is -0.686. The topological polar surface area (TPSA) is 65.1 Å². The summed E-state index contributed by atoms with van der Waals surface area (Å²) in [6, 6.07) is 0. The van der Waals surface area contributed by atoms with Gasteiger partial charge in [-0.3, -0.25) is 9.59 Å². The number of epoxide rings is 1. The summed E-state index contributed by atoms with van der Waals surface area (Å²) in [4.78, 5) is 25.7. The molecule has 2 saturated carbocycles. The van der Waals surface area contributed by atoms with E-state index in [4.69, 9.17) is 14.2 Å². The lowest BCUT2D eigenvalue weighted by atomic mass is 9.40. The molecule has 1 spiro atoms. The lowest BCUT2D eigenvalue weighted by Gasteiger charge is -2.62. The van der Waals surface area contributed by atoms with E-state index in [1.807, 2.05) is 6.92 Å². The number of ketones is 1. The zero-order valence-corrected chi connectivity index (χ0v) is 22.8. The maximum atomic E-state index is 13.0. The van der Waals surface area contributed by atoms with Crippen LogP contribution in [0.5, 0.6) is 0 Å². The maximum absolute atomic E-state index is 13.0. The van der Waals surface area contributed by atoms with E-state index in [1.54, 1.807) is 0 Å². The number of carbonyl (C=O) groups excluding carboxylic acids is 2. The lowest BCUT2D eigenvalue weighted by molar-refractivity contribution is -0.215. The van der Waals surface area contributed by atoms with Crippen LogP contribution < -0.4 is 0 Å². The van der Waals surface area contributed by atoms with E-state index in [0.29, 0.717) is 49.4 Å². The van der Waals surface area contributed by atoms with Gasteiger partial charge in [-0.1, -0.05) is 47.1 Å². The van der Waals surface area contributed by atoms with Crippen molar-refractivity contribution in [1.29, 1.82) is 0 Å². The van der Waals surface area contributed by atoms with Gasteiger partial charge in [0, 0.05) is 30.1 Å². The molecule has 0 radical (unpaired) electrons. The Kier molecular flexibility index (Phi) is 4.98. The molecule has 2 bridgehead atoms. The molecule has 4 fully saturated rings. The van der Waals surface area contributed by atoms with Gasteiger partial charge in [0.15, 0.2) is 0 Å². The first-order valence-corrected chi connectivity index (χ1v) is 14.1. The van der Waals surface area contributed by atoms with Crippen LogP contribution in [-0.4, -0.2) is 36.4 Å². The van der Waals surface area contributed by atoms with Gasteiger partial charge in [0.25, 0.3) is 0 Å². The van der Waals surface area contributed by atoms with Crippen LogP contribution in [0, 0.1) is 39.4 Å². The van der Waals surface area contributed by atoms with Crippen LogP contribution in [0.1, 0.15) is 99.8 Å². The molecule has 0 amide bonds. The second-order valence-electron chi connectivity index (χ2n) is 14.2. The van der Waals surface area contributed by atoms with Crippen molar-refractivity contribution in [3.8, 4) is 0 Å². The summed E-state index contributed by atoms with van der Waals surface area (Å²) >= 11 is 0. The fourth-order valence-corrected chi connectivity index (χ4v) is 10.1. The summed E-state index contributed by atoms with van der Waals surface area (Å²) in [5.41, 5.74) is 1.86. The first-order valence-electron chi connectivity index (χ1n) is 14.1. The van der Waals surface area contributed by atoms with E-state index in [9.17, 15) is 9.59 Å². The monoisotopic (exact) mass is 484 g/mol. The fourth-order valence-electron chi connectivity index (χ4n) is 10.1. The first-order chi connectivity index (χ1) is 16.3. The van der Waals surface area contributed by atoms with E-state index in [2.05, 4.69) is 41.5 Å². The molecular weight excluding hydrogens is 440 g/mol. The fraction of sp³-hybridized carbons (Fsp3) is 0.867. The van der Waals surface area contributed by atoms with Gasteiger partial charge >= 0.3 is 5.97 Å². The zero-order chi connectivity index (χ0) is 25.2. The highest BCUT2D eigenvalue weighted by atomic mass is 16.7. The van der Waals surface area contributed by atoms with Gasteiger partial charge in [-0.15, -0.1) is 0 Å². The highest BCUT2D eigenvalue weighted by molar-refractivity contribution is 5.82. The first kappa shape index (κ1) is 24.2. The van der Waals surface area contributed by atoms with E-state index < -0.39 is 11.7 Å². The summed E-state index contributed by atoms with van der Waals surface area (Å²) in [5.74, 6) is 1.66. The zero-order valence-electron chi connectivity index (χ0n) is 22.8. The van der Waals surface area contributed by atoms with Crippen LogP contribution in [-0.2, 0) is 23.8 Å². The largest absolute Gasteiger partial charge is 0.435 e. The Morgan fingerprint density at radius 2 is 1.74 bits per heavy atom. The smallest absolute Gasteiger partial charge is 0.320 e. The molecule has 7 aliphatic rings. The van der Waals surface area contributed by atoms with Gasteiger partial charge in [0.2, 0.25) is 6.29 Å². The number of hydrogen-bond acceptors (Lipinski definition) is 5. The quantitative estimate of drug-likeness (QED) is 0.272. The molecule has 3 aliphatic carbocycles. The van der Waals surface area contributed by atoms with E-state index >= 15 is 0 Å². The standard InChI is InChI=1S/C30H44O5/c1-17(2)12-19(31)13-18(3)20-8-9-29(7)27(20,5)10-11-28(6)22-15-24-33-16-26(4,25(32)34-24)21(22)14-23-30(28,29)35-23/h17-18,20,23-24H,8-16H2,1-7H3/t18-,20-,23+,24?,26+,27-,28-,29-,30+/m0/s1. The van der Waals surface area contributed by atoms with Gasteiger partial charge in [0.05, 0.1) is 12.7 Å². The summed E-state index contributed by atoms with van der Waals surface area (Å²) < 4.78 is 18.7. The van der Waals surface area contributed by atoms with Gasteiger partial charge < -0.3 is 14.2 Å². The van der Waals surface area contributed by atoms with Crippen molar-refractivity contribution < 1.29 is 23.8 Å². The molecule has 4 aliphatic heterocycles. The second kappa shape index (κ2) is 7.22. The predicted molar refractivity (Wildman–Crippen MR) is 132 cm³/mol. The Hall–Kier alpha value is -1.20. The molecule has 7 rings (SSSR count). The predicted octanol–water partition coefficient (Wildman–Crippen LogP) is 6.00. The minimum Gasteiger partial charge on any atom is -0.435 e. The van der Waals surface area contributed by atoms with Crippen molar-refractivity contribution in [2.75, 3.05) is 6.61 Å². The van der Waals surface area contributed by atoms with Crippen molar-refractivity contribution >= 4 is 11.8 Å². The maximum Gasteiger partial charge on any atom is 0.320 e. The Morgan fingerprint density at radius 3 is 2.43 bits per heavy atom. The molecule has 9 atom stereocenters. The molecule has 5 heteroatoms. The minimum absolute atomic E-state index is 0.0498. The van der Waals surface area contributed by atoms with Gasteiger partial charge in [-0.05, 0) is 67.8 Å². The molecule has 0 N–H and O–H groups in total. The lowest BCUT2D eigenvalue weighted by Crippen LogP contribution is -2.62. The number of rotatable bonds is 5. The van der Waals surface area contributed by atoms with Crippen LogP contribution in [0.3, 0.4) is 0 Å². The van der Waals surface area contributed by atoms with Gasteiger partial charge in [-0.25, -0.2) is 0 Å². The number of fused-ring (bicyclic) bond motifs is 3. The number of Topliss-reactive ketones (excluding diaryl/α,β-unsaturated/α-hetero) is 1. The van der Waals surface area contributed by atoms with Crippen LogP contribution in [0.25, 0.3) is 0 Å². The number of ether oxygens (including phenoxy) is 3. The highest BCUT2D eigenvalue weighted by Gasteiger charge is 2.84. The van der Waals surface area contributed by atoms with Crippen molar-refractivity contribution in [2.24, 2.45) is 39.4 Å². The second-order valence-corrected chi connectivity index (χ2v) is 14.2. The van der Waals surface area contributed by atoms with Crippen molar-refractivity contribution in [1.82, 2.24) is 0 Å². The summed E-state index contributed by atoms with van der Waals surface area (Å²) in [6.45, 7) is 16.5. The summed E-state index contributed by atoms with van der Waals surface area (Å²) in [7, 11) is 0. The van der Waals surface area contributed by atoms with Crippen LogP contribution in [0.15, 0.2) is 11.1 Å².